The number of para-hydroxylation sites is 3. The van der Waals surface area contributed by atoms with Gasteiger partial charge in [-0.25, -0.2) is 0 Å². The Balaban J connectivity index is 1.80. The molecule has 0 saturated heterocycles. The SMILES string of the molecule is CCN(C)c1ccccc1NC(=O)/C=C/c1ccnc2ccccc12. The first-order chi connectivity index (χ1) is 12.2. The van der Waals surface area contributed by atoms with Gasteiger partial charge in [0.15, 0.2) is 0 Å². The minimum Gasteiger partial charge on any atom is -0.373 e. The number of carbonyl (C=O) groups is 1. The lowest BCUT2D eigenvalue weighted by atomic mass is 10.1. The third-order valence-corrected chi connectivity index (χ3v) is 4.14. The van der Waals surface area contributed by atoms with Crippen LogP contribution in [0, 0.1) is 0 Å². The van der Waals surface area contributed by atoms with Gasteiger partial charge in [-0.15, -0.1) is 0 Å². The summed E-state index contributed by atoms with van der Waals surface area (Å²) >= 11 is 0. The zero-order valence-corrected chi connectivity index (χ0v) is 14.4. The normalized spacial score (nSPS) is 11.0. The third kappa shape index (κ3) is 3.86. The summed E-state index contributed by atoms with van der Waals surface area (Å²) < 4.78 is 0. The molecule has 0 saturated carbocycles. The van der Waals surface area contributed by atoms with Gasteiger partial charge in [0.2, 0.25) is 5.91 Å². The smallest absolute Gasteiger partial charge is 0.248 e. The minimum absolute atomic E-state index is 0.155. The minimum atomic E-state index is -0.155. The summed E-state index contributed by atoms with van der Waals surface area (Å²) in [5.74, 6) is -0.155. The van der Waals surface area contributed by atoms with Crippen molar-refractivity contribution in [3.63, 3.8) is 0 Å². The van der Waals surface area contributed by atoms with Gasteiger partial charge in [-0.05, 0) is 42.8 Å². The summed E-state index contributed by atoms with van der Waals surface area (Å²) in [5.41, 5.74) is 3.70. The molecule has 0 aliphatic rings. The predicted octanol–water partition coefficient (Wildman–Crippen LogP) is 4.34. The lowest BCUT2D eigenvalue weighted by molar-refractivity contribution is -0.111. The van der Waals surface area contributed by atoms with Crippen molar-refractivity contribution in [2.75, 3.05) is 23.8 Å². The number of benzene rings is 2. The molecule has 0 unspecified atom stereocenters. The van der Waals surface area contributed by atoms with E-state index in [1.54, 1.807) is 12.3 Å². The van der Waals surface area contributed by atoms with E-state index in [9.17, 15) is 4.79 Å². The number of amides is 1. The molecule has 0 aliphatic heterocycles. The van der Waals surface area contributed by atoms with Crippen LogP contribution in [0.2, 0.25) is 0 Å². The number of anilines is 2. The highest BCUT2D eigenvalue weighted by atomic mass is 16.1. The molecule has 126 valence electrons. The van der Waals surface area contributed by atoms with Crippen LogP contribution in [-0.2, 0) is 4.79 Å². The molecule has 1 amide bonds. The second-order valence-corrected chi connectivity index (χ2v) is 5.77. The Bertz CT molecular complexity index is 912. The molecule has 4 heteroatoms. The number of hydrogen-bond donors (Lipinski definition) is 1. The first-order valence-corrected chi connectivity index (χ1v) is 8.32. The number of fused-ring (bicyclic) bond motifs is 1. The van der Waals surface area contributed by atoms with E-state index in [-0.39, 0.29) is 5.91 Å². The average molecular weight is 331 g/mol. The van der Waals surface area contributed by atoms with E-state index in [4.69, 9.17) is 0 Å². The van der Waals surface area contributed by atoms with Crippen LogP contribution < -0.4 is 10.2 Å². The van der Waals surface area contributed by atoms with E-state index in [1.165, 1.54) is 0 Å². The molecule has 1 N–H and O–H groups in total. The van der Waals surface area contributed by atoms with Gasteiger partial charge >= 0.3 is 0 Å². The Kier molecular flexibility index (Phi) is 5.09. The van der Waals surface area contributed by atoms with Crippen molar-refractivity contribution < 1.29 is 4.79 Å². The Morgan fingerprint density at radius 1 is 1.12 bits per heavy atom. The van der Waals surface area contributed by atoms with Gasteiger partial charge in [-0.2, -0.15) is 0 Å². The van der Waals surface area contributed by atoms with Crippen LogP contribution in [0.5, 0.6) is 0 Å². The van der Waals surface area contributed by atoms with Crippen LogP contribution >= 0.6 is 0 Å². The van der Waals surface area contributed by atoms with Crippen LogP contribution in [0.1, 0.15) is 12.5 Å². The van der Waals surface area contributed by atoms with E-state index in [0.29, 0.717) is 0 Å². The maximum absolute atomic E-state index is 12.4. The molecule has 0 aliphatic carbocycles. The highest BCUT2D eigenvalue weighted by molar-refractivity contribution is 6.04. The first-order valence-electron chi connectivity index (χ1n) is 8.32. The molecule has 3 aromatic rings. The lowest BCUT2D eigenvalue weighted by Crippen LogP contribution is -2.19. The van der Waals surface area contributed by atoms with Gasteiger partial charge in [-0.1, -0.05) is 30.3 Å². The molecule has 0 atom stereocenters. The summed E-state index contributed by atoms with van der Waals surface area (Å²) in [6, 6.07) is 17.6. The van der Waals surface area contributed by atoms with Crippen LogP contribution in [0.15, 0.2) is 66.9 Å². The fraction of sp³-hybridized carbons (Fsp3) is 0.143. The first kappa shape index (κ1) is 16.7. The van der Waals surface area contributed by atoms with Gasteiger partial charge in [0.05, 0.1) is 16.9 Å². The third-order valence-electron chi connectivity index (χ3n) is 4.14. The maximum atomic E-state index is 12.4. The van der Waals surface area contributed by atoms with E-state index in [0.717, 1.165) is 34.4 Å². The predicted molar refractivity (Wildman–Crippen MR) is 105 cm³/mol. The van der Waals surface area contributed by atoms with Gasteiger partial charge in [0.25, 0.3) is 0 Å². The fourth-order valence-corrected chi connectivity index (χ4v) is 2.69. The maximum Gasteiger partial charge on any atom is 0.248 e. The Morgan fingerprint density at radius 3 is 2.72 bits per heavy atom. The van der Waals surface area contributed by atoms with E-state index >= 15 is 0 Å². The summed E-state index contributed by atoms with van der Waals surface area (Å²) in [5, 5.41) is 3.99. The fourth-order valence-electron chi connectivity index (χ4n) is 2.69. The van der Waals surface area contributed by atoms with E-state index < -0.39 is 0 Å². The van der Waals surface area contributed by atoms with Crippen molar-refractivity contribution >= 4 is 34.3 Å². The molecule has 25 heavy (non-hydrogen) atoms. The Morgan fingerprint density at radius 2 is 1.88 bits per heavy atom. The quantitative estimate of drug-likeness (QED) is 0.707. The van der Waals surface area contributed by atoms with Crippen molar-refractivity contribution in [1.82, 2.24) is 4.98 Å². The van der Waals surface area contributed by atoms with Crippen LogP contribution in [0.4, 0.5) is 11.4 Å². The van der Waals surface area contributed by atoms with Gasteiger partial charge in [-0.3, -0.25) is 9.78 Å². The number of aromatic nitrogens is 1. The zero-order valence-electron chi connectivity index (χ0n) is 14.4. The molecule has 2 aromatic carbocycles. The molecule has 0 spiro atoms. The number of hydrogen-bond acceptors (Lipinski definition) is 3. The lowest BCUT2D eigenvalue weighted by Gasteiger charge is -2.20. The molecular formula is C21H21N3O. The van der Waals surface area contributed by atoms with Crippen molar-refractivity contribution in [1.29, 1.82) is 0 Å². The Labute approximate surface area is 147 Å². The second-order valence-electron chi connectivity index (χ2n) is 5.77. The van der Waals surface area contributed by atoms with Gasteiger partial charge in [0, 0.05) is 31.3 Å². The zero-order chi connectivity index (χ0) is 17.6. The molecule has 1 heterocycles. The second kappa shape index (κ2) is 7.62. The summed E-state index contributed by atoms with van der Waals surface area (Å²) in [6.45, 7) is 2.94. The van der Waals surface area contributed by atoms with Crippen molar-refractivity contribution in [3.8, 4) is 0 Å². The molecule has 0 radical (unpaired) electrons. The van der Waals surface area contributed by atoms with Gasteiger partial charge < -0.3 is 10.2 Å². The monoisotopic (exact) mass is 331 g/mol. The highest BCUT2D eigenvalue weighted by Gasteiger charge is 2.07. The molecule has 4 nitrogen and oxygen atoms in total. The molecular weight excluding hydrogens is 310 g/mol. The van der Waals surface area contributed by atoms with Crippen molar-refractivity contribution in [2.45, 2.75) is 6.92 Å². The number of nitrogens with zero attached hydrogens (tertiary/aromatic N) is 2. The number of rotatable bonds is 5. The van der Waals surface area contributed by atoms with Gasteiger partial charge in [0.1, 0.15) is 0 Å². The molecule has 0 bridgehead atoms. The summed E-state index contributed by atoms with van der Waals surface area (Å²) in [7, 11) is 2.00. The number of carbonyl (C=O) groups excluding carboxylic acids is 1. The van der Waals surface area contributed by atoms with Crippen molar-refractivity contribution in [2.24, 2.45) is 0 Å². The van der Waals surface area contributed by atoms with Crippen LogP contribution in [-0.4, -0.2) is 24.5 Å². The summed E-state index contributed by atoms with van der Waals surface area (Å²) in [4.78, 5) is 18.8. The number of pyridine rings is 1. The highest BCUT2D eigenvalue weighted by Crippen LogP contribution is 2.24. The Hall–Kier alpha value is -3.14. The number of nitrogens with one attached hydrogen (secondary N) is 1. The average Bonchev–Trinajstić information content (AvgIpc) is 2.66. The molecule has 0 fully saturated rings. The molecule has 3 rings (SSSR count). The van der Waals surface area contributed by atoms with E-state index in [1.807, 2.05) is 67.7 Å². The molecule has 1 aromatic heterocycles. The van der Waals surface area contributed by atoms with Crippen molar-refractivity contribution in [3.05, 3.63) is 72.4 Å². The van der Waals surface area contributed by atoms with Crippen LogP contribution in [0.25, 0.3) is 17.0 Å². The largest absolute Gasteiger partial charge is 0.373 e. The standard InChI is InChI=1S/C21H21N3O/c1-3-24(2)20-11-7-6-10-19(20)23-21(25)13-12-16-14-15-22-18-9-5-4-8-17(16)18/h4-15H,3H2,1-2H3,(H,23,25)/b13-12+. The summed E-state index contributed by atoms with van der Waals surface area (Å²) in [6.07, 6.45) is 5.14. The van der Waals surface area contributed by atoms with Crippen LogP contribution in [0.3, 0.4) is 0 Å². The van der Waals surface area contributed by atoms with E-state index in [2.05, 4.69) is 22.1 Å². The topological polar surface area (TPSA) is 45.2 Å².